The molecule has 0 aliphatic heterocycles. The lowest BCUT2D eigenvalue weighted by molar-refractivity contribution is -0.119. The van der Waals surface area contributed by atoms with E-state index in [1.54, 1.807) is 7.11 Å². The molecule has 0 rings (SSSR count). The summed E-state index contributed by atoms with van der Waals surface area (Å²) in [5.74, 6) is 0.597. The van der Waals surface area contributed by atoms with Crippen molar-refractivity contribution in [2.45, 2.75) is 53.4 Å². The number of hydrogen-bond donors (Lipinski definition) is 3. The molecule has 1 amide bonds. The van der Waals surface area contributed by atoms with Crippen LogP contribution < -0.4 is 16.0 Å². The maximum Gasteiger partial charge on any atom is 0.241 e. The van der Waals surface area contributed by atoms with E-state index in [1.165, 1.54) is 25.7 Å². The van der Waals surface area contributed by atoms with Gasteiger partial charge in [0.2, 0.25) is 5.91 Å². The number of halogens is 1. The van der Waals surface area contributed by atoms with Gasteiger partial charge in [0.25, 0.3) is 0 Å². The molecule has 0 radical (unpaired) electrons. The topological polar surface area (TPSA) is 74.8 Å². The second-order valence-electron chi connectivity index (χ2n) is 6.51. The average Bonchev–Trinajstić information content (AvgIpc) is 2.50. The first kappa shape index (κ1) is 25.7. The Hall–Kier alpha value is -0.570. The fourth-order valence-corrected chi connectivity index (χ4v) is 2.11. The van der Waals surface area contributed by atoms with Crippen LogP contribution in [0, 0.1) is 5.41 Å². The Labute approximate surface area is 165 Å². The molecule has 0 unspecified atom stereocenters. The zero-order chi connectivity index (χ0) is 17.6. The second-order valence-corrected chi connectivity index (χ2v) is 6.51. The molecule has 0 atom stereocenters. The molecule has 0 aromatic rings. The Balaban J connectivity index is 0. The van der Waals surface area contributed by atoms with Crippen LogP contribution in [0.15, 0.2) is 4.99 Å². The summed E-state index contributed by atoms with van der Waals surface area (Å²) in [7, 11) is 1.61. The number of hydrogen-bond acceptors (Lipinski definition) is 3. The second kappa shape index (κ2) is 15.9. The number of ether oxygens (including phenoxy) is 1. The van der Waals surface area contributed by atoms with Crippen LogP contribution in [0.25, 0.3) is 0 Å². The van der Waals surface area contributed by atoms with E-state index < -0.39 is 0 Å². The minimum Gasteiger partial charge on any atom is -0.383 e. The van der Waals surface area contributed by atoms with E-state index in [0.29, 0.717) is 19.1 Å². The molecule has 0 bridgehead atoms. The fraction of sp³-hybridized carbons (Fsp3) is 0.882. The third-order valence-electron chi connectivity index (χ3n) is 3.54. The van der Waals surface area contributed by atoms with Crippen molar-refractivity contribution in [2.24, 2.45) is 10.4 Å². The summed E-state index contributed by atoms with van der Waals surface area (Å²) in [6.07, 6.45) is 4.95. The first-order chi connectivity index (χ1) is 10.9. The molecule has 0 saturated heterocycles. The van der Waals surface area contributed by atoms with Gasteiger partial charge in [0, 0.05) is 26.7 Å². The molecule has 0 aromatic carbocycles. The Morgan fingerprint density at radius 3 is 2.42 bits per heavy atom. The molecule has 0 heterocycles. The van der Waals surface area contributed by atoms with Crippen molar-refractivity contribution < 1.29 is 9.53 Å². The molecule has 0 spiro atoms. The highest BCUT2D eigenvalue weighted by Gasteiger charge is 2.17. The first-order valence-electron chi connectivity index (χ1n) is 8.73. The number of nitrogens with one attached hydrogen (secondary N) is 3. The average molecular weight is 456 g/mol. The van der Waals surface area contributed by atoms with Crippen molar-refractivity contribution in [3.8, 4) is 0 Å². The molecule has 0 aromatic heterocycles. The van der Waals surface area contributed by atoms with E-state index in [1.807, 2.05) is 6.92 Å². The molecule has 24 heavy (non-hydrogen) atoms. The molecule has 7 heteroatoms. The summed E-state index contributed by atoms with van der Waals surface area (Å²) in [6.45, 7) is 11.5. The molecule has 0 fully saturated rings. The summed E-state index contributed by atoms with van der Waals surface area (Å²) in [6, 6.07) is 0. The van der Waals surface area contributed by atoms with Gasteiger partial charge in [0.15, 0.2) is 5.96 Å². The van der Waals surface area contributed by atoms with Gasteiger partial charge in [-0.05, 0) is 18.8 Å². The highest BCUT2D eigenvalue weighted by Crippen LogP contribution is 2.22. The van der Waals surface area contributed by atoms with Crippen LogP contribution in [0.2, 0.25) is 0 Å². The lowest BCUT2D eigenvalue weighted by Crippen LogP contribution is -2.42. The molecular formula is C17H37IN4O2. The van der Waals surface area contributed by atoms with Crippen molar-refractivity contribution in [1.82, 2.24) is 16.0 Å². The maximum atomic E-state index is 11.7. The Morgan fingerprint density at radius 1 is 1.12 bits per heavy atom. The minimum absolute atomic E-state index is 0. The molecular weight excluding hydrogens is 419 g/mol. The third-order valence-corrected chi connectivity index (χ3v) is 3.54. The summed E-state index contributed by atoms with van der Waals surface area (Å²) < 4.78 is 4.90. The molecule has 0 aliphatic carbocycles. The van der Waals surface area contributed by atoms with Gasteiger partial charge in [-0.1, -0.05) is 40.0 Å². The third kappa shape index (κ3) is 15.0. The molecule has 0 aliphatic rings. The molecule has 144 valence electrons. The SMILES string of the molecule is CCCCCC(C)(C)CNC(=NCC(=O)NCCOC)NCC.I. The van der Waals surface area contributed by atoms with Gasteiger partial charge in [-0.25, -0.2) is 4.99 Å². The largest absolute Gasteiger partial charge is 0.383 e. The predicted octanol–water partition coefficient (Wildman–Crippen LogP) is 2.53. The Bertz CT molecular complexity index is 349. The van der Waals surface area contributed by atoms with Gasteiger partial charge in [-0.2, -0.15) is 0 Å². The number of carbonyl (C=O) groups is 1. The van der Waals surface area contributed by atoms with Crippen LogP contribution >= 0.6 is 24.0 Å². The first-order valence-corrected chi connectivity index (χ1v) is 8.73. The molecule has 3 N–H and O–H groups in total. The van der Waals surface area contributed by atoms with E-state index in [4.69, 9.17) is 4.74 Å². The monoisotopic (exact) mass is 456 g/mol. The number of methoxy groups -OCH3 is 1. The lowest BCUT2D eigenvalue weighted by atomic mass is 9.87. The van der Waals surface area contributed by atoms with Crippen LogP contribution in [0.1, 0.15) is 53.4 Å². The van der Waals surface area contributed by atoms with E-state index in [0.717, 1.165) is 13.1 Å². The number of amides is 1. The van der Waals surface area contributed by atoms with Crippen molar-refractivity contribution in [3.63, 3.8) is 0 Å². The van der Waals surface area contributed by atoms with Gasteiger partial charge in [-0.3, -0.25) is 4.79 Å². The Morgan fingerprint density at radius 2 is 1.83 bits per heavy atom. The predicted molar refractivity (Wildman–Crippen MR) is 112 cm³/mol. The standard InChI is InChI=1S/C17H36N4O2.HI/c1-6-8-9-10-17(3,4)14-21-16(18-7-2)20-13-15(22)19-11-12-23-5;/h6-14H2,1-5H3,(H,19,22)(H2,18,20,21);1H. The number of guanidine groups is 1. The van der Waals surface area contributed by atoms with E-state index in [9.17, 15) is 4.79 Å². The van der Waals surface area contributed by atoms with Gasteiger partial charge in [0.1, 0.15) is 6.54 Å². The summed E-state index contributed by atoms with van der Waals surface area (Å²) in [4.78, 5) is 16.0. The van der Waals surface area contributed by atoms with Gasteiger partial charge < -0.3 is 20.7 Å². The van der Waals surface area contributed by atoms with Crippen LogP contribution in [0.5, 0.6) is 0 Å². The number of aliphatic imine (C=N–C) groups is 1. The minimum atomic E-state index is -0.0959. The summed E-state index contributed by atoms with van der Waals surface area (Å²) in [5, 5.41) is 9.29. The van der Waals surface area contributed by atoms with E-state index in [2.05, 4.69) is 41.7 Å². The van der Waals surface area contributed by atoms with Crippen LogP contribution in [0.3, 0.4) is 0 Å². The van der Waals surface area contributed by atoms with Gasteiger partial charge in [-0.15, -0.1) is 24.0 Å². The smallest absolute Gasteiger partial charge is 0.241 e. The highest BCUT2D eigenvalue weighted by molar-refractivity contribution is 14.0. The number of unbranched alkanes of at least 4 members (excludes halogenated alkanes) is 2. The highest BCUT2D eigenvalue weighted by atomic mass is 127. The van der Waals surface area contributed by atoms with Crippen molar-refractivity contribution in [1.29, 1.82) is 0 Å². The van der Waals surface area contributed by atoms with E-state index >= 15 is 0 Å². The quantitative estimate of drug-likeness (QED) is 0.183. The summed E-state index contributed by atoms with van der Waals surface area (Å²) >= 11 is 0. The molecule has 6 nitrogen and oxygen atoms in total. The van der Waals surface area contributed by atoms with E-state index in [-0.39, 0.29) is 41.8 Å². The fourth-order valence-electron chi connectivity index (χ4n) is 2.11. The van der Waals surface area contributed by atoms with Gasteiger partial charge in [0.05, 0.1) is 6.61 Å². The maximum absolute atomic E-state index is 11.7. The summed E-state index contributed by atoms with van der Waals surface area (Å²) in [5.41, 5.74) is 0.214. The van der Waals surface area contributed by atoms with Crippen molar-refractivity contribution in [2.75, 3.05) is 39.9 Å². The van der Waals surface area contributed by atoms with Crippen LogP contribution in [-0.2, 0) is 9.53 Å². The number of rotatable bonds is 12. The van der Waals surface area contributed by atoms with Gasteiger partial charge >= 0.3 is 0 Å². The van der Waals surface area contributed by atoms with Crippen molar-refractivity contribution in [3.05, 3.63) is 0 Å². The lowest BCUT2D eigenvalue weighted by Gasteiger charge is -2.26. The zero-order valence-electron chi connectivity index (χ0n) is 16.0. The zero-order valence-corrected chi connectivity index (χ0v) is 18.4. The molecule has 0 saturated carbocycles. The normalized spacial score (nSPS) is 11.6. The Kier molecular flexibility index (Phi) is 17.0. The number of carbonyl (C=O) groups excluding carboxylic acids is 1. The van der Waals surface area contributed by atoms with Crippen LogP contribution in [-0.4, -0.2) is 51.8 Å². The number of nitrogens with zero attached hydrogens (tertiary/aromatic N) is 1. The van der Waals surface area contributed by atoms with Crippen LogP contribution in [0.4, 0.5) is 0 Å². The van der Waals surface area contributed by atoms with Crippen molar-refractivity contribution >= 4 is 35.8 Å².